The molecule has 0 fully saturated rings. The van der Waals surface area contributed by atoms with Gasteiger partial charge in [-0.25, -0.2) is 0 Å². The molecule has 0 heterocycles. The van der Waals surface area contributed by atoms with E-state index in [2.05, 4.69) is 20.8 Å². The zero-order valence-corrected chi connectivity index (χ0v) is 16.0. The molecule has 0 aliphatic rings. The molecule has 0 aromatic heterocycles. The predicted octanol–water partition coefficient (Wildman–Crippen LogP) is 5.27. The van der Waals surface area contributed by atoms with Gasteiger partial charge in [0.2, 0.25) is 0 Å². The first-order valence-electron chi connectivity index (χ1n) is 2.26. The SMILES string of the molecule is C[C-](C)C.[CH3-].[CH3-].[Cl][Zr+2][Cl].[Cl][Zr][Cl]. The van der Waals surface area contributed by atoms with Gasteiger partial charge in [-0.3, -0.25) is 0 Å². The van der Waals surface area contributed by atoms with Crippen LogP contribution in [0.15, 0.2) is 0 Å². The minimum atomic E-state index is -0.826. The van der Waals surface area contributed by atoms with Gasteiger partial charge in [0, 0.05) is 0 Å². The van der Waals surface area contributed by atoms with Gasteiger partial charge in [-0.05, 0) is 0 Å². The van der Waals surface area contributed by atoms with E-state index in [4.69, 9.17) is 34.1 Å². The van der Waals surface area contributed by atoms with Crippen molar-refractivity contribution < 1.29 is 41.7 Å². The van der Waals surface area contributed by atoms with E-state index < -0.39 is 41.7 Å². The number of hydrogen-bond acceptors (Lipinski definition) is 0. The van der Waals surface area contributed by atoms with Crippen molar-refractivity contribution in [2.75, 3.05) is 0 Å². The molecule has 0 aliphatic carbocycles. The average Bonchev–Trinajstić information content (AvgIpc) is 1.65. The van der Waals surface area contributed by atoms with Crippen molar-refractivity contribution in [1.29, 1.82) is 0 Å². The molecule has 0 rings (SSSR count). The molecule has 0 unspecified atom stereocenters. The number of hydrogen-bond donors (Lipinski definition) is 0. The first kappa shape index (κ1) is 29.4. The van der Waals surface area contributed by atoms with E-state index in [9.17, 15) is 0 Å². The fraction of sp³-hybridized carbons (Fsp3) is 0.500. The Morgan fingerprint density at radius 1 is 1.00 bits per heavy atom. The molecular formula is C6H15Cl4Zr2-. The fourth-order valence-corrected chi connectivity index (χ4v) is 0. The molecule has 0 spiro atoms. The number of halogens is 4. The van der Waals surface area contributed by atoms with Gasteiger partial charge >= 0.3 is 75.7 Å². The van der Waals surface area contributed by atoms with Gasteiger partial charge in [0.15, 0.2) is 0 Å². The second-order valence-corrected chi connectivity index (χ2v) is 9.11. The van der Waals surface area contributed by atoms with E-state index in [0.29, 0.717) is 0 Å². The third-order valence-electron chi connectivity index (χ3n) is 0. The van der Waals surface area contributed by atoms with Crippen LogP contribution in [0.4, 0.5) is 0 Å². The number of rotatable bonds is 0. The monoisotopic (exact) mass is 407 g/mol. The molecule has 0 atom stereocenters. The molecule has 0 amide bonds. The van der Waals surface area contributed by atoms with E-state index in [-0.39, 0.29) is 14.9 Å². The van der Waals surface area contributed by atoms with E-state index in [1.165, 1.54) is 5.92 Å². The maximum atomic E-state index is 4.93. The molecule has 0 bridgehead atoms. The molecule has 12 heavy (non-hydrogen) atoms. The molecule has 0 saturated carbocycles. The zero-order chi connectivity index (χ0) is 8.99. The molecule has 0 aliphatic heterocycles. The first-order valence-corrected chi connectivity index (χ1v) is 14.9. The summed E-state index contributed by atoms with van der Waals surface area (Å²) in [4.78, 5) is 0. The zero-order valence-electron chi connectivity index (χ0n) is 8.01. The van der Waals surface area contributed by atoms with E-state index in [0.717, 1.165) is 0 Å². The van der Waals surface area contributed by atoms with Gasteiger partial charge in [0.25, 0.3) is 0 Å². The molecule has 76 valence electrons. The van der Waals surface area contributed by atoms with Crippen LogP contribution in [0, 0.1) is 20.8 Å². The van der Waals surface area contributed by atoms with Crippen LogP contribution in [0.1, 0.15) is 20.8 Å². The van der Waals surface area contributed by atoms with E-state index >= 15 is 0 Å². The summed E-state index contributed by atoms with van der Waals surface area (Å²) in [5.41, 5.74) is 0. The Balaban J connectivity index is -0.0000000191. The van der Waals surface area contributed by atoms with Crippen molar-refractivity contribution in [2.45, 2.75) is 20.8 Å². The molecule has 0 nitrogen and oxygen atoms in total. The van der Waals surface area contributed by atoms with Gasteiger partial charge in [0.1, 0.15) is 0 Å². The minimum absolute atomic E-state index is 0. The topological polar surface area (TPSA) is 0 Å². The Hall–Kier alpha value is 2.93. The van der Waals surface area contributed by atoms with Crippen LogP contribution in [0.25, 0.3) is 0 Å². The summed E-state index contributed by atoms with van der Waals surface area (Å²) in [6.07, 6.45) is 0. The second-order valence-electron chi connectivity index (χ2n) is 1.64. The molecule has 0 aromatic carbocycles. The van der Waals surface area contributed by atoms with Crippen molar-refractivity contribution >= 4 is 34.1 Å². The maximum absolute atomic E-state index is 4.93. The summed E-state index contributed by atoms with van der Waals surface area (Å²) in [7, 11) is 19.7. The van der Waals surface area contributed by atoms with Crippen LogP contribution in [0.3, 0.4) is 0 Å². The van der Waals surface area contributed by atoms with Crippen molar-refractivity contribution in [3.8, 4) is 0 Å². The van der Waals surface area contributed by atoms with Gasteiger partial charge in [-0.2, -0.15) is 20.8 Å². The van der Waals surface area contributed by atoms with Crippen molar-refractivity contribution in [1.82, 2.24) is 0 Å². The summed E-state index contributed by atoms with van der Waals surface area (Å²) >= 11 is -1.65. The van der Waals surface area contributed by atoms with Crippen LogP contribution in [0.2, 0.25) is 0 Å². The van der Waals surface area contributed by atoms with Gasteiger partial charge < -0.3 is 20.8 Å². The van der Waals surface area contributed by atoms with Crippen LogP contribution < -0.4 is 0 Å². The van der Waals surface area contributed by atoms with E-state index in [1.807, 2.05) is 0 Å². The third kappa shape index (κ3) is 215. The van der Waals surface area contributed by atoms with Crippen LogP contribution >= 0.6 is 34.1 Å². The van der Waals surface area contributed by atoms with Crippen molar-refractivity contribution in [3.05, 3.63) is 20.8 Å². The standard InChI is InChI=1S/C4H9.2CH3.4ClH.2Zr/c1-4(2)3;;;;;;;;/h1-3H3;2*1H3;4*1H;;/q3*-1;;;;;+2;+4/p-4. The average molecular weight is 411 g/mol. The normalized spacial score (nSPS) is 5.00. The van der Waals surface area contributed by atoms with Crippen LogP contribution in [-0.4, -0.2) is 0 Å². The Bertz CT molecular complexity index is 34.0. The van der Waals surface area contributed by atoms with Gasteiger partial charge in [-0.15, -0.1) is 0 Å². The summed E-state index contributed by atoms with van der Waals surface area (Å²) in [6.45, 7) is 6.25. The molecular weight excluding hydrogens is 396 g/mol. The second kappa shape index (κ2) is 37.0. The Morgan fingerprint density at radius 2 is 1.00 bits per heavy atom. The van der Waals surface area contributed by atoms with Crippen molar-refractivity contribution in [2.24, 2.45) is 0 Å². The van der Waals surface area contributed by atoms with Crippen molar-refractivity contribution in [3.63, 3.8) is 0 Å². The first-order chi connectivity index (χ1) is 4.56. The van der Waals surface area contributed by atoms with Gasteiger partial charge in [0.05, 0.1) is 0 Å². The molecule has 0 aromatic rings. The molecule has 0 radical (unpaired) electrons. The fourth-order valence-electron chi connectivity index (χ4n) is 0. The van der Waals surface area contributed by atoms with Crippen LogP contribution in [-0.2, 0) is 41.7 Å². The summed E-state index contributed by atoms with van der Waals surface area (Å²) < 4.78 is 0. The third-order valence-corrected chi connectivity index (χ3v) is 0. The Morgan fingerprint density at radius 3 is 1.00 bits per heavy atom. The Labute approximate surface area is 115 Å². The van der Waals surface area contributed by atoms with Gasteiger partial charge in [-0.1, -0.05) is 0 Å². The summed E-state index contributed by atoms with van der Waals surface area (Å²) in [5, 5.41) is 0. The molecule has 0 N–H and O–H groups in total. The summed E-state index contributed by atoms with van der Waals surface area (Å²) in [6, 6.07) is 0. The predicted molar refractivity (Wildman–Crippen MR) is 56.5 cm³/mol. The van der Waals surface area contributed by atoms with Crippen LogP contribution in [0.5, 0.6) is 0 Å². The molecule has 0 saturated heterocycles. The quantitative estimate of drug-likeness (QED) is 0.476. The molecule has 6 heteroatoms. The van der Waals surface area contributed by atoms with E-state index in [1.54, 1.807) is 0 Å². The summed E-state index contributed by atoms with van der Waals surface area (Å²) in [5.74, 6) is 1.42. The Kier molecular flexibility index (Phi) is 90.7.